The summed E-state index contributed by atoms with van der Waals surface area (Å²) in [5.41, 5.74) is 5.00. The number of anilines is 1. The summed E-state index contributed by atoms with van der Waals surface area (Å²) < 4.78 is 18.1. The van der Waals surface area contributed by atoms with Gasteiger partial charge in [-0.05, 0) is 31.0 Å². The third kappa shape index (κ3) is 4.34. The fraction of sp³-hybridized carbons (Fsp3) is 0.400. The van der Waals surface area contributed by atoms with Crippen molar-refractivity contribution in [2.24, 2.45) is 5.73 Å². The minimum Gasteiger partial charge on any atom is -0.453 e. The number of carbonyl (C=O) groups is 3. The minimum absolute atomic E-state index is 0.228. The first-order chi connectivity index (χ1) is 11.4. The predicted octanol–water partition coefficient (Wildman–Crippen LogP) is 1.28. The smallest absolute Gasteiger partial charge is 0.409 e. The van der Waals surface area contributed by atoms with E-state index in [-0.39, 0.29) is 17.3 Å². The Morgan fingerprint density at radius 3 is 2.79 bits per heavy atom. The first-order valence-electron chi connectivity index (χ1n) is 7.40. The van der Waals surface area contributed by atoms with Gasteiger partial charge in [-0.15, -0.1) is 0 Å². The Hall–Kier alpha value is -2.84. The average molecular weight is 338 g/mol. The number of ether oxygens (including phenoxy) is 1. The number of primary amides is 1. The normalized spacial score (nSPS) is 17.1. The highest BCUT2D eigenvalue weighted by Crippen LogP contribution is 2.15. The number of carbonyl (C=O) groups excluding carboxylic acids is 3. The maximum atomic E-state index is 13.4. The third-order valence-corrected chi connectivity index (χ3v) is 3.68. The number of likely N-dealkylation sites (tertiary alicyclic amines) is 1. The maximum absolute atomic E-state index is 13.4. The van der Waals surface area contributed by atoms with Gasteiger partial charge in [-0.25, -0.2) is 14.0 Å². The Bertz CT molecular complexity index is 652. The van der Waals surface area contributed by atoms with Crippen LogP contribution in [0, 0.1) is 5.82 Å². The van der Waals surface area contributed by atoms with Crippen LogP contribution in [0.5, 0.6) is 0 Å². The molecule has 130 valence electrons. The number of nitrogens with one attached hydrogen (secondary N) is 2. The zero-order chi connectivity index (χ0) is 17.7. The first kappa shape index (κ1) is 17.5. The van der Waals surface area contributed by atoms with Gasteiger partial charge in [-0.2, -0.15) is 0 Å². The summed E-state index contributed by atoms with van der Waals surface area (Å²) in [6.07, 6.45) is 1.02. The van der Waals surface area contributed by atoms with Crippen molar-refractivity contribution < 1.29 is 23.5 Å². The van der Waals surface area contributed by atoms with E-state index >= 15 is 0 Å². The number of hydrogen-bond donors (Lipinski definition) is 3. The molecule has 1 saturated heterocycles. The van der Waals surface area contributed by atoms with E-state index in [4.69, 9.17) is 5.73 Å². The monoisotopic (exact) mass is 338 g/mol. The van der Waals surface area contributed by atoms with E-state index in [0.717, 1.165) is 18.9 Å². The van der Waals surface area contributed by atoms with E-state index in [9.17, 15) is 18.8 Å². The quantitative estimate of drug-likeness (QED) is 0.770. The fourth-order valence-corrected chi connectivity index (χ4v) is 2.53. The molecule has 0 saturated carbocycles. The Labute approximate surface area is 138 Å². The first-order valence-corrected chi connectivity index (χ1v) is 7.40. The lowest BCUT2D eigenvalue weighted by atomic mass is 10.1. The van der Waals surface area contributed by atoms with Crippen molar-refractivity contribution in [1.29, 1.82) is 0 Å². The molecule has 1 fully saturated rings. The molecule has 24 heavy (non-hydrogen) atoms. The van der Waals surface area contributed by atoms with E-state index in [0.29, 0.717) is 13.1 Å². The lowest BCUT2D eigenvalue weighted by Crippen LogP contribution is -2.50. The Kier molecular flexibility index (Phi) is 5.56. The van der Waals surface area contributed by atoms with Crippen molar-refractivity contribution in [3.63, 3.8) is 0 Å². The van der Waals surface area contributed by atoms with Gasteiger partial charge in [0.25, 0.3) is 5.91 Å². The lowest BCUT2D eigenvalue weighted by Gasteiger charge is -2.32. The number of nitrogens with zero attached hydrogens (tertiary/aromatic N) is 1. The van der Waals surface area contributed by atoms with Crippen LogP contribution in [0.1, 0.15) is 23.2 Å². The number of nitrogens with two attached hydrogens (primary N) is 1. The summed E-state index contributed by atoms with van der Waals surface area (Å²) >= 11 is 0. The lowest BCUT2D eigenvalue weighted by molar-refractivity contribution is 0.0996. The molecule has 0 spiro atoms. The molecule has 0 radical (unpaired) electrons. The van der Waals surface area contributed by atoms with Gasteiger partial charge in [0.05, 0.1) is 12.7 Å². The van der Waals surface area contributed by atoms with Crippen molar-refractivity contribution in [1.82, 2.24) is 10.2 Å². The number of amides is 4. The van der Waals surface area contributed by atoms with E-state index in [2.05, 4.69) is 15.4 Å². The highest BCUT2D eigenvalue weighted by Gasteiger charge is 2.25. The molecule has 1 aliphatic heterocycles. The van der Waals surface area contributed by atoms with Crippen LogP contribution in [0.2, 0.25) is 0 Å². The Morgan fingerprint density at radius 1 is 1.38 bits per heavy atom. The van der Waals surface area contributed by atoms with Crippen molar-refractivity contribution in [3.8, 4) is 0 Å². The van der Waals surface area contributed by atoms with E-state index in [1.165, 1.54) is 24.1 Å². The predicted molar refractivity (Wildman–Crippen MR) is 84.1 cm³/mol. The Morgan fingerprint density at radius 2 is 2.12 bits per heavy atom. The maximum Gasteiger partial charge on any atom is 0.409 e. The summed E-state index contributed by atoms with van der Waals surface area (Å²) in [6, 6.07) is 2.79. The van der Waals surface area contributed by atoms with Crippen LogP contribution in [-0.4, -0.2) is 49.2 Å². The van der Waals surface area contributed by atoms with Crippen molar-refractivity contribution in [3.05, 3.63) is 29.6 Å². The molecule has 1 aliphatic rings. The second kappa shape index (κ2) is 7.62. The van der Waals surface area contributed by atoms with Gasteiger partial charge < -0.3 is 26.0 Å². The number of piperidine rings is 1. The molecule has 1 aromatic carbocycles. The highest BCUT2D eigenvalue weighted by molar-refractivity contribution is 5.96. The van der Waals surface area contributed by atoms with Crippen LogP contribution in [0.4, 0.5) is 19.7 Å². The van der Waals surface area contributed by atoms with Gasteiger partial charge in [0.15, 0.2) is 0 Å². The van der Waals surface area contributed by atoms with Crippen LogP contribution < -0.4 is 16.4 Å². The molecule has 1 heterocycles. The number of urea groups is 1. The van der Waals surface area contributed by atoms with Crippen molar-refractivity contribution in [2.75, 3.05) is 25.5 Å². The Balaban J connectivity index is 1.94. The van der Waals surface area contributed by atoms with E-state index in [1.807, 2.05) is 0 Å². The number of methoxy groups -OCH3 is 1. The molecular weight excluding hydrogens is 319 g/mol. The summed E-state index contributed by atoms with van der Waals surface area (Å²) in [5.74, 6) is -1.67. The van der Waals surface area contributed by atoms with Crippen LogP contribution in [0.25, 0.3) is 0 Å². The van der Waals surface area contributed by atoms with Crippen LogP contribution in [-0.2, 0) is 4.74 Å². The summed E-state index contributed by atoms with van der Waals surface area (Å²) in [6.45, 7) is 0.919. The largest absolute Gasteiger partial charge is 0.453 e. The van der Waals surface area contributed by atoms with Crippen LogP contribution >= 0.6 is 0 Å². The average Bonchev–Trinajstić information content (AvgIpc) is 2.55. The SMILES string of the molecule is COC(=O)N1CCC[C@H](NC(=O)Nc2ccc(F)c(C(N)=O)c2)C1. The second-order valence-corrected chi connectivity index (χ2v) is 5.41. The van der Waals surface area contributed by atoms with E-state index in [1.54, 1.807) is 0 Å². The number of hydrogen-bond acceptors (Lipinski definition) is 4. The molecule has 0 bridgehead atoms. The molecule has 9 heteroatoms. The van der Waals surface area contributed by atoms with Crippen LogP contribution in [0.3, 0.4) is 0 Å². The molecule has 8 nitrogen and oxygen atoms in total. The zero-order valence-electron chi connectivity index (χ0n) is 13.2. The third-order valence-electron chi connectivity index (χ3n) is 3.68. The van der Waals surface area contributed by atoms with E-state index < -0.39 is 23.8 Å². The van der Waals surface area contributed by atoms with Gasteiger partial charge in [0.2, 0.25) is 0 Å². The molecule has 0 aliphatic carbocycles. The molecule has 4 N–H and O–H groups in total. The molecule has 4 amide bonds. The summed E-state index contributed by atoms with van der Waals surface area (Å²) in [4.78, 5) is 36.2. The fourth-order valence-electron chi connectivity index (χ4n) is 2.53. The van der Waals surface area contributed by atoms with Crippen molar-refractivity contribution in [2.45, 2.75) is 18.9 Å². The highest BCUT2D eigenvalue weighted by atomic mass is 19.1. The molecular formula is C15H19FN4O4. The standard InChI is InChI=1S/C15H19FN4O4/c1-24-15(23)20-6-2-3-10(8-20)19-14(22)18-9-4-5-12(16)11(7-9)13(17)21/h4-5,7,10H,2-3,6,8H2,1H3,(H2,17,21)(H2,18,19,22)/t10-/m0/s1. The second-order valence-electron chi connectivity index (χ2n) is 5.41. The van der Waals surface area contributed by atoms with Gasteiger partial charge in [0, 0.05) is 24.8 Å². The molecule has 1 aromatic rings. The topological polar surface area (TPSA) is 114 Å². The zero-order valence-corrected chi connectivity index (χ0v) is 13.2. The van der Waals surface area contributed by atoms with Gasteiger partial charge in [-0.3, -0.25) is 4.79 Å². The van der Waals surface area contributed by atoms with Gasteiger partial charge in [-0.1, -0.05) is 0 Å². The van der Waals surface area contributed by atoms with Gasteiger partial charge in [0.1, 0.15) is 5.82 Å². The molecule has 0 unspecified atom stereocenters. The van der Waals surface area contributed by atoms with Crippen molar-refractivity contribution >= 4 is 23.7 Å². The molecule has 1 atom stereocenters. The van der Waals surface area contributed by atoms with Crippen LogP contribution in [0.15, 0.2) is 18.2 Å². The summed E-state index contributed by atoms with van der Waals surface area (Å²) in [7, 11) is 1.30. The molecule has 0 aromatic heterocycles. The summed E-state index contributed by atoms with van der Waals surface area (Å²) in [5, 5.41) is 5.24. The number of halogens is 1. The van der Waals surface area contributed by atoms with Gasteiger partial charge >= 0.3 is 12.1 Å². The molecule has 2 rings (SSSR count). The number of benzene rings is 1. The minimum atomic E-state index is -0.919. The number of rotatable bonds is 3.